The third-order valence-electron chi connectivity index (χ3n) is 5.04. The molecule has 0 saturated carbocycles. The number of nitrogens with one attached hydrogen (secondary N) is 1. The summed E-state index contributed by atoms with van der Waals surface area (Å²) in [5.41, 5.74) is 4.12. The minimum absolute atomic E-state index is 0.00793. The number of halogens is 1. The van der Waals surface area contributed by atoms with Crippen molar-refractivity contribution in [2.24, 2.45) is 0 Å². The molecule has 0 bridgehead atoms. The summed E-state index contributed by atoms with van der Waals surface area (Å²) < 4.78 is 0. The maximum Gasteiger partial charge on any atom is 0.243 e. The zero-order valence-corrected chi connectivity index (χ0v) is 18.7. The molecule has 2 aromatic rings. The topological polar surface area (TPSA) is 49.4 Å². The second-order valence-electron chi connectivity index (χ2n) is 7.80. The van der Waals surface area contributed by atoms with Crippen molar-refractivity contribution >= 4 is 23.4 Å². The third-order valence-corrected chi connectivity index (χ3v) is 5.41. The van der Waals surface area contributed by atoms with Gasteiger partial charge >= 0.3 is 0 Å². The predicted molar refractivity (Wildman–Crippen MR) is 119 cm³/mol. The van der Waals surface area contributed by atoms with Gasteiger partial charge in [-0.05, 0) is 62.4 Å². The fraction of sp³-hybridized carbons (Fsp3) is 0.417. The summed E-state index contributed by atoms with van der Waals surface area (Å²) in [5, 5.41) is 3.54. The number of amides is 2. The lowest BCUT2D eigenvalue weighted by atomic mass is 10.0. The maximum absolute atomic E-state index is 13.3. The maximum atomic E-state index is 13.3. The summed E-state index contributed by atoms with van der Waals surface area (Å²) in [6.07, 6.45) is 0.776. The number of carbonyl (C=O) groups excluding carboxylic acids is 2. The first-order valence-corrected chi connectivity index (χ1v) is 10.5. The fourth-order valence-electron chi connectivity index (χ4n) is 3.30. The number of hydrogen-bond acceptors (Lipinski definition) is 2. The molecule has 4 nitrogen and oxygen atoms in total. The van der Waals surface area contributed by atoms with E-state index >= 15 is 0 Å². The molecule has 0 aromatic heterocycles. The number of nitrogens with zero attached hydrogens (tertiary/aromatic N) is 1. The molecule has 0 heterocycles. The first-order chi connectivity index (χ1) is 13.7. The molecule has 5 heteroatoms. The van der Waals surface area contributed by atoms with Gasteiger partial charge in [0.2, 0.25) is 11.8 Å². The van der Waals surface area contributed by atoms with Crippen LogP contribution >= 0.6 is 11.6 Å². The van der Waals surface area contributed by atoms with Crippen LogP contribution in [0.3, 0.4) is 0 Å². The molecule has 0 spiro atoms. The van der Waals surface area contributed by atoms with Gasteiger partial charge in [-0.15, -0.1) is 0 Å². The Kier molecular flexibility index (Phi) is 8.27. The summed E-state index contributed by atoms with van der Waals surface area (Å²) in [4.78, 5) is 27.8. The van der Waals surface area contributed by atoms with Gasteiger partial charge in [-0.1, -0.05) is 54.9 Å². The molecule has 29 heavy (non-hydrogen) atoms. The van der Waals surface area contributed by atoms with Gasteiger partial charge in [0.1, 0.15) is 6.04 Å². The fourth-order valence-corrected chi connectivity index (χ4v) is 3.50. The summed E-state index contributed by atoms with van der Waals surface area (Å²) in [6.45, 7) is 10.1. The molecule has 0 aliphatic rings. The van der Waals surface area contributed by atoms with Crippen LogP contribution in [0.1, 0.15) is 49.4 Å². The van der Waals surface area contributed by atoms with Gasteiger partial charge in [-0.25, -0.2) is 0 Å². The van der Waals surface area contributed by atoms with Gasteiger partial charge in [0.05, 0.1) is 6.42 Å². The lowest BCUT2D eigenvalue weighted by Crippen LogP contribution is -2.50. The van der Waals surface area contributed by atoms with E-state index in [1.165, 1.54) is 5.56 Å². The quantitative estimate of drug-likeness (QED) is 0.672. The highest BCUT2D eigenvalue weighted by atomic mass is 35.5. The molecule has 2 amide bonds. The number of aryl methyl sites for hydroxylation is 2. The second-order valence-corrected chi connectivity index (χ2v) is 8.20. The molecule has 0 unspecified atom stereocenters. The summed E-state index contributed by atoms with van der Waals surface area (Å²) in [6, 6.07) is 12.9. The van der Waals surface area contributed by atoms with Crippen LogP contribution < -0.4 is 5.32 Å². The Hall–Kier alpha value is -2.33. The number of hydrogen-bond donors (Lipinski definition) is 1. The predicted octanol–water partition coefficient (Wildman–Crippen LogP) is 4.83. The van der Waals surface area contributed by atoms with E-state index in [1.807, 2.05) is 71.0 Å². The standard InChI is InChI=1S/C24H31ClN2O2/c1-6-22(24(29)26-16(2)3)27(15-20-9-7-8-10-21(20)25)23(28)14-19-12-11-17(4)18(5)13-19/h7-13,16,22H,6,14-15H2,1-5H3,(H,26,29)/t22-/m0/s1. The summed E-state index contributed by atoms with van der Waals surface area (Å²) in [7, 11) is 0. The SMILES string of the molecule is CC[C@@H](C(=O)NC(C)C)N(Cc1ccccc1Cl)C(=O)Cc1ccc(C)c(C)c1. The van der Waals surface area contributed by atoms with Crippen molar-refractivity contribution in [3.8, 4) is 0 Å². The molecule has 0 aliphatic carbocycles. The molecule has 0 aliphatic heterocycles. The van der Waals surface area contributed by atoms with Crippen LogP contribution in [0.2, 0.25) is 5.02 Å². The number of carbonyl (C=O) groups is 2. The van der Waals surface area contributed by atoms with Gasteiger partial charge in [-0.2, -0.15) is 0 Å². The summed E-state index contributed by atoms with van der Waals surface area (Å²) in [5.74, 6) is -0.220. The van der Waals surface area contributed by atoms with Crippen molar-refractivity contribution in [2.75, 3.05) is 0 Å². The Morgan fingerprint density at radius 2 is 1.76 bits per heavy atom. The molecule has 1 N–H and O–H groups in total. The molecular formula is C24H31ClN2O2. The highest BCUT2D eigenvalue weighted by molar-refractivity contribution is 6.31. The average Bonchev–Trinajstić information content (AvgIpc) is 2.65. The van der Waals surface area contributed by atoms with E-state index in [9.17, 15) is 9.59 Å². The van der Waals surface area contributed by atoms with Gasteiger partial charge < -0.3 is 10.2 Å². The van der Waals surface area contributed by atoms with Crippen LogP contribution in [0.5, 0.6) is 0 Å². The van der Waals surface area contributed by atoms with E-state index in [2.05, 4.69) is 5.32 Å². The first-order valence-electron chi connectivity index (χ1n) is 10.1. The van der Waals surface area contributed by atoms with Gasteiger partial charge in [0.15, 0.2) is 0 Å². The van der Waals surface area contributed by atoms with Gasteiger partial charge in [0.25, 0.3) is 0 Å². The number of benzene rings is 2. The van der Waals surface area contributed by atoms with Crippen LogP contribution in [0.25, 0.3) is 0 Å². The lowest BCUT2D eigenvalue weighted by molar-refractivity contribution is -0.141. The normalized spacial score (nSPS) is 12.0. The number of rotatable bonds is 8. The first kappa shape index (κ1) is 23.0. The molecule has 0 fully saturated rings. The Labute approximate surface area is 179 Å². The highest BCUT2D eigenvalue weighted by Gasteiger charge is 2.29. The van der Waals surface area contributed by atoms with E-state index in [0.29, 0.717) is 18.0 Å². The van der Waals surface area contributed by atoms with Crippen LogP contribution in [0.15, 0.2) is 42.5 Å². The molecule has 2 aromatic carbocycles. The van der Waals surface area contributed by atoms with Crippen molar-refractivity contribution < 1.29 is 9.59 Å². The van der Waals surface area contributed by atoms with Gasteiger partial charge in [0, 0.05) is 17.6 Å². The van der Waals surface area contributed by atoms with Crippen molar-refractivity contribution in [2.45, 2.75) is 66.1 Å². The minimum atomic E-state index is -0.548. The smallest absolute Gasteiger partial charge is 0.243 e. The Bertz CT molecular complexity index is 864. The zero-order chi connectivity index (χ0) is 21.6. The van der Waals surface area contributed by atoms with Crippen molar-refractivity contribution in [3.05, 3.63) is 69.7 Å². The van der Waals surface area contributed by atoms with E-state index in [0.717, 1.165) is 16.7 Å². The van der Waals surface area contributed by atoms with E-state index in [4.69, 9.17) is 11.6 Å². The van der Waals surface area contributed by atoms with Crippen LogP contribution in [-0.4, -0.2) is 28.8 Å². The van der Waals surface area contributed by atoms with Crippen LogP contribution in [0, 0.1) is 13.8 Å². The van der Waals surface area contributed by atoms with E-state index < -0.39 is 6.04 Å². The van der Waals surface area contributed by atoms with E-state index in [1.54, 1.807) is 11.0 Å². The Morgan fingerprint density at radius 1 is 1.07 bits per heavy atom. The van der Waals surface area contributed by atoms with Crippen LogP contribution in [0.4, 0.5) is 0 Å². The van der Waals surface area contributed by atoms with E-state index in [-0.39, 0.29) is 24.3 Å². The molecule has 156 valence electrons. The molecule has 2 rings (SSSR count). The monoisotopic (exact) mass is 414 g/mol. The highest BCUT2D eigenvalue weighted by Crippen LogP contribution is 2.21. The summed E-state index contributed by atoms with van der Waals surface area (Å²) >= 11 is 6.34. The zero-order valence-electron chi connectivity index (χ0n) is 18.0. The minimum Gasteiger partial charge on any atom is -0.352 e. The van der Waals surface area contributed by atoms with Crippen molar-refractivity contribution in [3.63, 3.8) is 0 Å². The molecule has 0 saturated heterocycles. The second kappa shape index (κ2) is 10.4. The molecule has 1 atom stereocenters. The van der Waals surface area contributed by atoms with Crippen molar-refractivity contribution in [1.29, 1.82) is 0 Å². The Morgan fingerprint density at radius 3 is 2.34 bits per heavy atom. The Balaban J connectivity index is 2.33. The largest absolute Gasteiger partial charge is 0.352 e. The molecule has 0 radical (unpaired) electrons. The van der Waals surface area contributed by atoms with Crippen molar-refractivity contribution in [1.82, 2.24) is 10.2 Å². The average molecular weight is 415 g/mol. The molecular weight excluding hydrogens is 384 g/mol. The third kappa shape index (κ3) is 6.33. The van der Waals surface area contributed by atoms with Crippen LogP contribution in [-0.2, 0) is 22.6 Å². The van der Waals surface area contributed by atoms with Gasteiger partial charge in [-0.3, -0.25) is 9.59 Å². The lowest BCUT2D eigenvalue weighted by Gasteiger charge is -2.31.